The second kappa shape index (κ2) is 4.17. The van der Waals surface area contributed by atoms with Gasteiger partial charge in [0.2, 0.25) is 0 Å². The van der Waals surface area contributed by atoms with Gasteiger partial charge >= 0.3 is 0 Å². The average Bonchev–Trinajstić information content (AvgIpc) is 3.02. The molecule has 0 saturated carbocycles. The Morgan fingerprint density at radius 2 is 2.16 bits per heavy atom. The standard InChI is InChI=1S/C15H18N4/c1-10-14-8-16-6-12(14)9-19(10)15-13-5-3-2-4-11(13)7-17-18-15/h2-5,7,10,12,14,16H,6,8-9H2,1H3. The van der Waals surface area contributed by atoms with Crippen molar-refractivity contribution in [2.24, 2.45) is 11.8 Å². The second-order valence-electron chi connectivity index (χ2n) is 5.73. The zero-order valence-electron chi connectivity index (χ0n) is 11.1. The maximum atomic E-state index is 4.42. The van der Waals surface area contributed by atoms with Gasteiger partial charge in [-0.05, 0) is 18.8 Å². The Bertz CT molecular complexity index is 607. The summed E-state index contributed by atoms with van der Waals surface area (Å²) >= 11 is 0. The number of hydrogen-bond acceptors (Lipinski definition) is 4. The first-order chi connectivity index (χ1) is 9.34. The smallest absolute Gasteiger partial charge is 0.159 e. The van der Waals surface area contributed by atoms with Crippen LogP contribution in [-0.2, 0) is 0 Å². The molecular formula is C15H18N4. The fraction of sp³-hybridized carbons (Fsp3) is 0.467. The van der Waals surface area contributed by atoms with Crippen LogP contribution in [0.5, 0.6) is 0 Å². The van der Waals surface area contributed by atoms with E-state index in [0.29, 0.717) is 6.04 Å². The molecule has 3 atom stereocenters. The highest BCUT2D eigenvalue weighted by Gasteiger charge is 2.42. The molecule has 4 heteroatoms. The molecule has 19 heavy (non-hydrogen) atoms. The molecule has 4 nitrogen and oxygen atoms in total. The highest BCUT2D eigenvalue weighted by molar-refractivity contribution is 5.91. The number of rotatable bonds is 1. The Hall–Kier alpha value is -1.68. The summed E-state index contributed by atoms with van der Waals surface area (Å²) in [5.41, 5.74) is 0. The average molecular weight is 254 g/mol. The highest BCUT2D eigenvalue weighted by atomic mass is 15.3. The third-order valence-corrected chi connectivity index (χ3v) is 4.76. The largest absolute Gasteiger partial charge is 0.351 e. The van der Waals surface area contributed by atoms with Crippen LogP contribution in [0.25, 0.3) is 10.8 Å². The zero-order chi connectivity index (χ0) is 12.8. The van der Waals surface area contributed by atoms with Gasteiger partial charge in [0.05, 0.1) is 6.20 Å². The molecule has 1 aromatic carbocycles. The Morgan fingerprint density at radius 1 is 1.26 bits per heavy atom. The molecule has 1 N–H and O–H groups in total. The van der Waals surface area contributed by atoms with Crippen LogP contribution in [0.1, 0.15) is 6.92 Å². The van der Waals surface area contributed by atoms with Gasteiger partial charge in [0.1, 0.15) is 0 Å². The number of aromatic nitrogens is 2. The number of nitrogens with one attached hydrogen (secondary N) is 1. The van der Waals surface area contributed by atoms with E-state index in [9.17, 15) is 0 Å². The van der Waals surface area contributed by atoms with Gasteiger partial charge in [0.15, 0.2) is 5.82 Å². The van der Waals surface area contributed by atoms with Crippen LogP contribution in [-0.4, -0.2) is 35.9 Å². The first-order valence-corrected chi connectivity index (χ1v) is 7.02. The third kappa shape index (κ3) is 1.63. The van der Waals surface area contributed by atoms with Crippen molar-refractivity contribution in [1.29, 1.82) is 0 Å². The molecule has 2 fully saturated rings. The van der Waals surface area contributed by atoms with E-state index in [1.807, 2.05) is 6.20 Å². The quantitative estimate of drug-likeness (QED) is 0.840. The maximum absolute atomic E-state index is 4.42. The van der Waals surface area contributed by atoms with E-state index in [-0.39, 0.29) is 0 Å². The van der Waals surface area contributed by atoms with Gasteiger partial charge in [-0.25, -0.2) is 0 Å². The predicted molar refractivity (Wildman–Crippen MR) is 76.2 cm³/mol. The lowest BCUT2D eigenvalue weighted by Gasteiger charge is -2.26. The summed E-state index contributed by atoms with van der Waals surface area (Å²) in [6, 6.07) is 8.94. The summed E-state index contributed by atoms with van der Waals surface area (Å²) in [5.74, 6) is 2.57. The number of anilines is 1. The van der Waals surface area contributed by atoms with Gasteiger partial charge in [-0.1, -0.05) is 24.3 Å². The molecule has 0 bridgehead atoms. The molecule has 3 unspecified atom stereocenters. The molecule has 1 aromatic heterocycles. The van der Waals surface area contributed by atoms with E-state index in [1.165, 1.54) is 10.8 Å². The summed E-state index contributed by atoms with van der Waals surface area (Å²) in [6.45, 7) is 5.70. The molecule has 0 spiro atoms. The van der Waals surface area contributed by atoms with Crippen molar-refractivity contribution in [3.05, 3.63) is 30.5 Å². The molecule has 4 rings (SSSR count). The minimum absolute atomic E-state index is 0.542. The predicted octanol–water partition coefficient (Wildman–Crippen LogP) is 1.67. The summed E-state index contributed by atoms with van der Waals surface area (Å²) < 4.78 is 0. The van der Waals surface area contributed by atoms with Crippen molar-refractivity contribution in [2.75, 3.05) is 24.5 Å². The number of hydrogen-bond donors (Lipinski definition) is 1. The molecule has 3 heterocycles. The molecule has 0 amide bonds. The van der Waals surface area contributed by atoms with Crippen molar-refractivity contribution in [1.82, 2.24) is 15.5 Å². The lowest BCUT2D eigenvalue weighted by atomic mass is 9.95. The maximum Gasteiger partial charge on any atom is 0.159 e. The molecule has 2 aliphatic heterocycles. The Morgan fingerprint density at radius 3 is 3.05 bits per heavy atom. The Balaban J connectivity index is 1.79. The minimum atomic E-state index is 0.542. The van der Waals surface area contributed by atoms with Crippen LogP contribution in [0.4, 0.5) is 5.82 Å². The van der Waals surface area contributed by atoms with E-state index in [0.717, 1.165) is 37.3 Å². The van der Waals surface area contributed by atoms with Crippen molar-refractivity contribution in [3.63, 3.8) is 0 Å². The van der Waals surface area contributed by atoms with Crippen LogP contribution < -0.4 is 10.2 Å². The zero-order valence-corrected chi connectivity index (χ0v) is 11.1. The van der Waals surface area contributed by atoms with Crippen LogP contribution in [0.15, 0.2) is 30.5 Å². The number of benzene rings is 1. The molecule has 2 aromatic rings. The van der Waals surface area contributed by atoms with Crippen LogP contribution in [0.2, 0.25) is 0 Å². The van der Waals surface area contributed by atoms with E-state index in [1.54, 1.807) is 0 Å². The van der Waals surface area contributed by atoms with Crippen molar-refractivity contribution >= 4 is 16.6 Å². The monoisotopic (exact) mass is 254 g/mol. The first kappa shape index (κ1) is 11.2. The van der Waals surface area contributed by atoms with E-state index < -0.39 is 0 Å². The summed E-state index contributed by atoms with van der Waals surface area (Å²) in [5, 5.41) is 14.5. The molecule has 2 aliphatic rings. The van der Waals surface area contributed by atoms with Crippen molar-refractivity contribution < 1.29 is 0 Å². The molecule has 2 saturated heterocycles. The van der Waals surface area contributed by atoms with Gasteiger partial charge in [0.25, 0.3) is 0 Å². The van der Waals surface area contributed by atoms with Gasteiger partial charge in [-0.15, -0.1) is 5.10 Å². The van der Waals surface area contributed by atoms with E-state index in [4.69, 9.17) is 0 Å². The van der Waals surface area contributed by atoms with Gasteiger partial charge in [-0.3, -0.25) is 0 Å². The van der Waals surface area contributed by atoms with Crippen molar-refractivity contribution in [3.8, 4) is 0 Å². The van der Waals surface area contributed by atoms with E-state index >= 15 is 0 Å². The first-order valence-electron chi connectivity index (χ1n) is 7.02. The van der Waals surface area contributed by atoms with Crippen LogP contribution in [0.3, 0.4) is 0 Å². The topological polar surface area (TPSA) is 41.0 Å². The van der Waals surface area contributed by atoms with Gasteiger partial charge in [-0.2, -0.15) is 5.10 Å². The van der Waals surface area contributed by atoms with Crippen LogP contribution >= 0.6 is 0 Å². The Kier molecular flexibility index (Phi) is 2.45. The van der Waals surface area contributed by atoms with Crippen LogP contribution in [0, 0.1) is 11.8 Å². The summed E-state index contributed by atoms with van der Waals surface area (Å²) in [4.78, 5) is 2.45. The highest BCUT2D eigenvalue weighted by Crippen LogP contribution is 2.37. The molecule has 0 aliphatic carbocycles. The van der Waals surface area contributed by atoms with E-state index in [2.05, 4.69) is 51.6 Å². The van der Waals surface area contributed by atoms with Gasteiger partial charge < -0.3 is 10.2 Å². The lowest BCUT2D eigenvalue weighted by molar-refractivity contribution is 0.471. The normalized spacial score (nSPS) is 29.9. The number of nitrogens with zero attached hydrogens (tertiary/aromatic N) is 3. The lowest BCUT2D eigenvalue weighted by Crippen LogP contribution is -2.34. The minimum Gasteiger partial charge on any atom is -0.351 e. The Labute approximate surface area is 112 Å². The molecule has 0 radical (unpaired) electrons. The fourth-order valence-corrected chi connectivity index (χ4v) is 3.67. The fourth-order valence-electron chi connectivity index (χ4n) is 3.67. The van der Waals surface area contributed by atoms with Crippen molar-refractivity contribution in [2.45, 2.75) is 13.0 Å². The number of fused-ring (bicyclic) bond motifs is 2. The molecule has 98 valence electrons. The summed E-state index contributed by atoms with van der Waals surface area (Å²) in [6.07, 6.45) is 1.85. The third-order valence-electron chi connectivity index (χ3n) is 4.76. The SMILES string of the molecule is CC1C2CNCC2CN1c1nncc2ccccc12. The van der Waals surface area contributed by atoms with Gasteiger partial charge in [0, 0.05) is 36.4 Å². The second-order valence-corrected chi connectivity index (χ2v) is 5.73. The summed E-state index contributed by atoms with van der Waals surface area (Å²) in [7, 11) is 0. The molecular weight excluding hydrogens is 236 g/mol.